The largest absolute Gasteiger partial charge is 0.462 e. The number of hydrogen-bond acceptors (Lipinski definition) is 6. The van der Waals surface area contributed by atoms with Crippen LogP contribution in [0.25, 0.3) is 0 Å². The molecule has 3 aromatic carbocycles. The van der Waals surface area contributed by atoms with Gasteiger partial charge in [-0.3, -0.25) is 10.1 Å². The van der Waals surface area contributed by atoms with Crippen molar-refractivity contribution in [1.29, 1.82) is 0 Å². The molecule has 3 aromatic rings. The van der Waals surface area contributed by atoms with E-state index in [2.05, 4.69) is 0 Å². The average molecular weight is 523 g/mol. The topological polar surface area (TPSA) is 107 Å². The zero-order chi connectivity index (χ0) is 24.9. The van der Waals surface area contributed by atoms with E-state index in [-0.39, 0.29) is 40.3 Å². The molecule has 34 heavy (non-hydrogen) atoms. The summed E-state index contributed by atoms with van der Waals surface area (Å²) in [5.74, 6) is -0.488. The fourth-order valence-electron chi connectivity index (χ4n) is 3.16. The molecule has 0 aromatic heterocycles. The van der Waals surface area contributed by atoms with Gasteiger partial charge < -0.3 is 4.74 Å². The number of halogens is 2. The smallest absolute Gasteiger partial charge is 0.338 e. The van der Waals surface area contributed by atoms with Crippen LogP contribution >= 0.6 is 23.2 Å². The van der Waals surface area contributed by atoms with Crippen molar-refractivity contribution in [3.05, 3.63) is 104 Å². The van der Waals surface area contributed by atoms with Crippen LogP contribution in [0.5, 0.6) is 0 Å². The van der Waals surface area contributed by atoms with Gasteiger partial charge in [0.25, 0.3) is 5.69 Å². The standard InChI is InChI=1S/C23H20Cl2N2O6S/c1-2-33-23(28)17-11-9-16(10-12-17)14-26(15-20-21(24)7-4-8-22(20)25)34(31,32)19-6-3-5-18(13-19)27(29)30/h3-13H,2,14-15H2,1H3. The first-order chi connectivity index (χ1) is 16.1. The number of non-ortho nitro benzene ring substituents is 1. The minimum absolute atomic E-state index is 0.102. The van der Waals surface area contributed by atoms with E-state index in [0.29, 0.717) is 16.7 Å². The van der Waals surface area contributed by atoms with Crippen molar-refractivity contribution in [2.75, 3.05) is 6.61 Å². The lowest BCUT2D eigenvalue weighted by molar-refractivity contribution is -0.385. The summed E-state index contributed by atoms with van der Waals surface area (Å²) >= 11 is 12.6. The first-order valence-electron chi connectivity index (χ1n) is 10.1. The lowest BCUT2D eigenvalue weighted by atomic mass is 10.1. The van der Waals surface area contributed by atoms with Crippen LogP contribution in [0.4, 0.5) is 5.69 Å². The second-order valence-corrected chi connectivity index (χ2v) is 9.90. The summed E-state index contributed by atoms with van der Waals surface area (Å²) in [7, 11) is -4.20. The minimum atomic E-state index is -4.20. The lowest BCUT2D eigenvalue weighted by Gasteiger charge is -2.23. The number of sulfonamides is 1. The molecule has 11 heteroatoms. The Morgan fingerprint density at radius 1 is 1.00 bits per heavy atom. The Balaban J connectivity index is 2.01. The highest BCUT2D eigenvalue weighted by molar-refractivity contribution is 7.89. The van der Waals surface area contributed by atoms with E-state index in [1.807, 2.05) is 0 Å². The highest BCUT2D eigenvalue weighted by atomic mass is 35.5. The number of nitro benzene ring substituents is 1. The number of nitrogens with zero attached hydrogens (tertiary/aromatic N) is 2. The number of carbonyl (C=O) groups is 1. The van der Waals surface area contributed by atoms with E-state index >= 15 is 0 Å². The van der Waals surface area contributed by atoms with Crippen LogP contribution in [0.1, 0.15) is 28.4 Å². The predicted molar refractivity (Wildman–Crippen MR) is 128 cm³/mol. The van der Waals surface area contributed by atoms with Crippen LogP contribution in [-0.4, -0.2) is 30.2 Å². The first kappa shape index (κ1) is 25.6. The van der Waals surface area contributed by atoms with Gasteiger partial charge in [-0.15, -0.1) is 0 Å². The predicted octanol–water partition coefficient (Wildman–Crippen LogP) is 5.47. The Kier molecular flexibility index (Phi) is 8.27. The second-order valence-electron chi connectivity index (χ2n) is 7.15. The molecule has 0 bridgehead atoms. The summed E-state index contributed by atoms with van der Waals surface area (Å²) in [5.41, 5.74) is 0.941. The number of ether oxygens (including phenoxy) is 1. The van der Waals surface area contributed by atoms with Crippen LogP contribution in [0.2, 0.25) is 10.0 Å². The van der Waals surface area contributed by atoms with Crippen molar-refractivity contribution in [1.82, 2.24) is 4.31 Å². The number of hydrogen-bond donors (Lipinski definition) is 0. The van der Waals surface area contributed by atoms with E-state index in [1.165, 1.54) is 30.3 Å². The fourth-order valence-corrected chi connectivity index (χ4v) is 5.11. The van der Waals surface area contributed by atoms with Gasteiger partial charge in [0.2, 0.25) is 10.0 Å². The Bertz CT molecular complexity index is 1290. The molecule has 0 saturated carbocycles. The lowest BCUT2D eigenvalue weighted by Crippen LogP contribution is -2.30. The van der Waals surface area contributed by atoms with Gasteiger partial charge in [-0.25, -0.2) is 13.2 Å². The molecule has 3 rings (SSSR count). The second kappa shape index (κ2) is 11.0. The van der Waals surface area contributed by atoms with Gasteiger partial charge >= 0.3 is 5.97 Å². The molecule has 0 heterocycles. The van der Waals surface area contributed by atoms with E-state index in [1.54, 1.807) is 37.3 Å². The highest BCUT2D eigenvalue weighted by Gasteiger charge is 2.28. The number of benzene rings is 3. The van der Waals surface area contributed by atoms with Gasteiger partial charge in [-0.1, -0.05) is 47.5 Å². The molecule has 0 fully saturated rings. The maximum Gasteiger partial charge on any atom is 0.338 e. The third-order valence-corrected chi connectivity index (χ3v) is 7.38. The van der Waals surface area contributed by atoms with Crippen molar-refractivity contribution >= 4 is 44.9 Å². The summed E-state index contributed by atoms with van der Waals surface area (Å²) < 4.78 is 33.2. The molecule has 0 atom stereocenters. The highest BCUT2D eigenvalue weighted by Crippen LogP contribution is 2.30. The molecule has 8 nitrogen and oxygen atoms in total. The van der Waals surface area contributed by atoms with Crippen molar-refractivity contribution < 1.29 is 22.9 Å². The molecule has 0 radical (unpaired) electrons. The van der Waals surface area contributed by atoms with E-state index in [4.69, 9.17) is 27.9 Å². The van der Waals surface area contributed by atoms with Crippen LogP contribution in [-0.2, 0) is 27.8 Å². The molecule has 0 amide bonds. The molecule has 0 spiro atoms. The Labute approximate surface area is 206 Å². The van der Waals surface area contributed by atoms with Gasteiger partial charge in [0, 0.05) is 40.8 Å². The van der Waals surface area contributed by atoms with Crippen molar-refractivity contribution in [2.45, 2.75) is 24.9 Å². The Morgan fingerprint density at radius 3 is 2.21 bits per heavy atom. The fraction of sp³-hybridized carbons (Fsp3) is 0.174. The third-order valence-electron chi connectivity index (χ3n) is 4.89. The third kappa shape index (κ3) is 5.92. The van der Waals surface area contributed by atoms with E-state index in [9.17, 15) is 23.3 Å². The zero-order valence-electron chi connectivity index (χ0n) is 18.0. The maximum absolute atomic E-state index is 13.5. The van der Waals surface area contributed by atoms with Crippen molar-refractivity contribution in [2.24, 2.45) is 0 Å². The summed E-state index contributed by atoms with van der Waals surface area (Å²) in [5, 5.41) is 11.7. The van der Waals surface area contributed by atoms with E-state index in [0.717, 1.165) is 10.4 Å². The minimum Gasteiger partial charge on any atom is -0.462 e. The number of carbonyl (C=O) groups excluding carboxylic acids is 1. The van der Waals surface area contributed by atoms with Crippen molar-refractivity contribution in [3.63, 3.8) is 0 Å². The molecular weight excluding hydrogens is 503 g/mol. The van der Waals surface area contributed by atoms with Crippen LogP contribution < -0.4 is 0 Å². The number of esters is 1. The normalized spacial score (nSPS) is 11.4. The van der Waals surface area contributed by atoms with Gasteiger partial charge in [0.1, 0.15) is 0 Å². The van der Waals surface area contributed by atoms with Gasteiger partial charge in [-0.05, 0) is 42.8 Å². The summed E-state index contributed by atoms with van der Waals surface area (Å²) in [4.78, 5) is 22.2. The Morgan fingerprint density at radius 2 is 1.62 bits per heavy atom. The molecule has 178 valence electrons. The molecule has 0 saturated heterocycles. The average Bonchev–Trinajstić information content (AvgIpc) is 2.81. The van der Waals surface area contributed by atoms with E-state index < -0.39 is 20.9 Å². The molecule has 0 N–H and O–H groups in total. The molecule has 0 unspecified atom stereocenters. The maximum atomic E-state index is 13.5. The van der Waals surface area contributed by atoms with Gasteiger partial charge in [0.05, 0.1) is 22.0 Å². The summed E-state index contributed by atoms with van der Waals surface area (Å²) in [6, 6.07) is 15.9. The quantitative estimate of drug-likeness (QED) is 0.209. The van der Waals surface area contributed by atoms with Gasteiger partial charge in [-0.2, -0.15) is 4.31 Å². The summed E-state index contributed by atoms with van der Waals surface area (Å²) in [6.07, 6.45) is 0. The monoisotopic (exact) mass is 522 g/mol. The summed E-state index contributed by atoms with van der Waals surface area (Å²) in [6.45, 7) is 1.65. The molecular formula is C23H20Cl2N2O6S. The Hall–Kier alpha value is -2.98. The number of nitro groups is 1. The van der Waals surface area contributed by atoms with Crippen LogP contribution in [0.3, 0.4) is 0 Å². The molecule has 0 aliphatic carbocycles. The number of rotatable bonds is 9. The molecule has 0 aliphatic rings. The van der Waals surface area contributed by atoms with Crippen LogP contribution in [0, 0.1) is 10.1 Å². The SMILES string of the molecule is CCOC(=O)c1ccc(CN(Cc2c(Cl)cccc2Cl)S(=O)(=O)c2cccc([N+](=O)[O-])c2)cc1. The zero-order valence-corrected chi connectivity index (χ0v) is 20.3. The first-order valence-corrected chi connectivity index (χ1v) is 12.3. The molecule has 0 aliphatic heterocycles. The van der Waals surface area contributed by atoms with Crippen molar-refractivity contribution in [3.8, 4) is 0 Å². The van der Waals surface area contributed by atoms with Crippen LogP contribution in [0.15, 0.2) is 71.6 Å². The van der Waals surface area contributed by atoms with Gasteiger partial charge in [0.15, 0.2) is 0 Å².